The van der Waals surface area contributed by atoms with Gasteiger partial charge in [0.2, 0.25) is 0 Å². The van der Waals surface area contributed by atoms with Crippen LogP contribution in [-0.4, -0.2) is 30.9 Å². The van der Waals surface area contributed by atoms with Gasteiger partial charge in [-0.05, 0) is 31.2 Å². The number of carbonyl (C=O) groups is 3. The number of benzene rings is 1. The first-order valence-corrected chi connectivity index (χ1v) is 7.83. The summed E-state index contributed by atoms with van der Waals surface area (Å²) in [6.45, 7) is 2.23. The van der Waals surface area contributed by atoms with Gasteiger partial charge >= 0.3 is 6.09 Å². The van der Waals surface area contributed by atoms with Crippen molar-refractivity contribution in [1.82, 2.24) is 0 Å². The van der Waals surface area contributed by atoms with E-state index in [0.717, 1.165) is 11.3 Å². The Kier molecular flexibility index (Phi) is 4.12. The van der Waals surface area contributed by atoms with Crippen LogP contribution in [0, 0.1) is 0 Å². The smallest absolute Gasteiger partial charge is 0.414 e. The molecule has 1 aromatic heterocycles. The third kappa shape index (κ3) is 3.09. The van der Waals surface area contributed by atoms with Crippen molar-refractivity contribution >= 4 is 40.5 Å². The van der Waals surface area contributed by atoms with E-state index in [4.69, 9.17) is 4.74 Å². The van der Waals surface area contributed by atoms with Gasteiger partial charge in [0.15, 0.2) is 5.78 Å². The number of ether oxygens (including phenoxy) is 1. The molecule has 23 heavy (non-hydrogen) atoms. The Labute approximate surface area is 136 Å². The molecule has 6 nitrogen and oxygen atoms in total. The molecule has 2 heterocycles. The van der Waals surface area contributed by atoms with Crippen LogP contribution in [0.2, 0.25) is 0 Å². The van der Waals surface area contributed by atoms with Gasteiger partial charge in [-0.1, -0.05) is 12.1 Å². The number of nitrogens with zero attached hydrogens (tertiary/aromatic N) is 1. The van der Waals surface area contributed by atoms with E-state index in [1.807, 2.05) is 0 Å². The van der Waals surface area contributed by atoms with Crippen molar-refractivity contribution in [3.05, 3.63) is 46.2 Å². The first-order valence-electron chi connectivity index (χ1n) is 7.01. The second-order valence-corrected chi connectivity index (χ2v) is 6.04. The van der Waals surface area contributed by atoms with Crippen LogP contribution in [0.25, 0.3) is 0 Å². The van der Waals surface area contributed by atoms with Gasteiger partial charge in [-0.2, -0.15) is 0 Å². The number of ketones is 1. The monoisotopic (exact) mass is 330 g/mol. The van der Waals surface area contributed by atoms with E-state index in [2.05, 4.69) is 5.32 Å². The maximum atomic E-state index is 12.4. The quantitative estimate of drug-likeness (QED) is 0.874. The summed E-state index contributed by atoms with van der Waals surface area (Å²) in [5.74, 6) is -0.392. The van der Waals surface area contributed by atoms with Crippen LogP contribution in [0.15, 0.2) is 36.4 Å². The van der Waals surface area contributed by atoms with Crippen LogP contribution >= 0.6 is 11.3 Å². The molecule has 0 unspecified atom stereocenters. The lowest BCUT2D eigenvalue weighted by Crippen LogP contribution is -2.25. The molecule has 1 N–H and O–H groups in total. The number of para-hydroxylation sites is 2. The van der Waals surface area contributed by atoms with Gasteiger partial charge in [-0.15, -0.1) is 11.3 Å². The fourth-order valence-electron chi connectivity index (χ4n) is 2.26. The van der Waals surface area contributed by atoms with E-state index < -0.39 is 6.09 Å². The number of Topliss-reactive ketones (excluding diaryl/α,β-unsaturated/α-hetero) is 1. The number of anilines is 2. The van der Waals surface area contributed by atoms with Gasteiger partial charge in [0.1, 0.15) is 6.61 Å². The van der Waals surface area contributed by atoms with E-state index in [1.165, 1.54) is 11.8 Å². The van der Waals surface area contributed by atoms with Gasteiger partial charge in [-0.3, -0.25) is 14.5 Å². The minimum atomic E-state index is -0.429. The summed E-state index contributed by atoms with van der Waals surface area (Å²) >= 11 is 1.14. The molecule has 1 aliphatic heterocycles. The van der Waals surface area contributed by atoms with Gasteiger partial charge in [0.25, 0.3) is 5.91 Å². The summed E-state index contributed by atoms with van der Waals surface area (Å²) in [5, 5.41) is 2.79. The van der Waals surface area contributed by atoms with Crippen LogP contribution in [-0.2, 0) is 4.74 Å². The van der Waals surface area contributed by atoms with Crippen LogP contribution in [0.1, 0.15) is 26.3 Å². The average molecular weight is 330 g/mol. The van der Waals surface area contributed by atoms with Crippen molar-refractivity contribution in [1.29, 1.82) is 0 Å². The van der Waals surface area contributed by atoms with Crippen molar-refractivity contribution in [2.75, 3.05) is 23.4 Å². The predicted octanol–water partition coefficient (Wildman–Crippen LogP) is 3.16. The summed E-state index contributed by atoms with van der Waals surface area (Å²) in [6, 6.07) is 10.3. The van der Waals surface area contributed by atoms with Gasteiger partial charge in [0.05, 0.1) is 27.7 Å². The molecule has 0 radical (unpaired) electrons. The van der Waals surface area contributed by atoms with E-state index in [1.54, 1.807) is 36.4 Å². The lowest BCUT2D eigenvalue weighted by atomic mass is 10.2. The SMILES string of the molecule is CC(=O)c1ccc(C(=O)Nc2ccccc2N2CCOC2=O)s1. The van der Waals surface area contributed by atoms with Crippen LogP contribution in [0.5, 0.6) is 0 Å². The molecular formula is C16H14N2O4S. The van der Waals surface area contributed by atoms with E-state index >= 15 is 0 Å². The summed E-state index contributed by atoms with van der Waals surface area (Å²) < 4.78 is 4.93. The fourth-order valence-corrected chi connectivity index (χ4v) is 3.06. The molecule has 118 valence electrons. The van der Waals surface area contributed by atoms with Crippen LogP contribution < -0.4 is 10.2 Å². The maximum Gasteiger partial charge on any atom is 0.414 e. The number of hydrogen-bond acceptors (Lipinski definition) is 5. The number of nitrogens with one attached hydrogen (secondary N) is 1. The number of thiophene rings is 1. The van der Waals surface area contributed by atoms with E-state index in [9.17, 15) is 14.4 Å². The van der Waals surface area contributed by atoms with E-state index in [-0.39, 0.29) is 11.7 Å². The van der Waals surface area contributed by atoms with E-state index in [0.29, 0.717) is 34.3 Å². The summed E-state index contributed by atoms with van der Waals surface area (Å²) in [5.41, 5.74) is 1.11. The first kappa shape index (κ1) is 15.2. The molecule has 7 heteroatoms. The highest BCUT2D eigenvalue weighted by Crippen LogP contribution is 2.29. The Morgan fingerprint density at radius 2 is 1.91 bits per heavy atom. The second-order valence-electron chi connectivity index (χ2n) is 4.96. The molecule has 1 saturated heterocycles. The molecule has 0 bridgehead atoms. The Bertz CT molecular complexity index is 784. The van der Waals surface area contributed by atoms with Gasteiger partial charge in [-0.25, -0.2) is 4.79 Å². The third-order valence-electron chi connectivity index (χ3n) is 3.38. The zero-order valence-corrected chi connectivity index (χ0v) is 13.2. The summed E-state index contributed by atoms with van der Waals surface area (Å²) in [7, 11) is 0. The molecule has 1 fully saturated rings. The van der Waals surface area contributed by atoms with Crippen LogP contribution in [0.4, 0.5) is 16.2 Å². The number of amides is 2. The topological polar surface area (TPSA) is 75.7 Å². The molecule has 2 amide bonds. The highest BCUT2D eigenvalue weighted by Gasteiger charge is 2.26. The Hall–Kier alpha value is -2.67. The molecule has 0 saturated carbocycles. The minimum Gasteiger partial charge on any atom is -0.447 e. The largest absolute Gasteiger partial charge is 0.447 e. The zero-order chi connectivity index (χ0) is 16.4. The Morgan fingerprint density at radius 3 is 2.57 bits per heavy atom. The molecule has 2 aromatic rings. The molecule has 3 rings (SSSR count). The van der Waals surface area contributed by atoms with Crippen molar-refractivity contribution in [3.8, 4) is 0 Å². The average Bonchev–Trinajstić information content (AvgIpc) is 3.17. The second kappa shape index (κ2) is 6.21. The highest BCUT2D eigenvalue weighted by atomic mass is 32.1. The summed E-state index contributed by atoms with van der Waals surface area (Å²) in [6.07, 6.45) is -0.429. The standard InChI is InChI=1S/C16H14N2O4S/c1-10(19)13-6-7-14(23-13)15(20)17-11-4-2-3-5-12(11)18-8-9-22-16(18)21/h2-7H,8-9H2,1H3,(H,17,20). The third-order valence-corrected chi connectivity index (χ3v) is 4.57. The number of hydrogen-bond donors (Lipinski definition) is 1. The van der Waals surface area contributed by atoms with Crippen molar-refractivity contribution < 1.29 is 19.1 Å². The molecular weight excluding hydrogens is 316 g/mol. The van der Waals surface area contributed by atoms with Gasteiger partial charge < -0.3 is 10.1 Å². The fraction of sp³-hybridized carbons (Fsp3) is 0.188. The first-order chi connectivity index (χ1) is 11.1. The number of rotatable bonds is 4. The van der Waals surface area contributed by atoms with Gasteiger partial charge in [0, 0.05) is 0 Å². The molecule has 0 spiro atoms. The zero-order valence-electron chi connectivity index (χ0n) is 12.4. The number of cyclic esters (lactones) is 1. The Balaban J connectivity index is 1.83. The molecule has 0 aliphatic carbocycles. The molecule has 1 aromatic carbocycles. The lowest BCUT2D eigenvalue weighted by Gasteiger charge is -2.17. The predicted molar refractivity (Wildman–Crippen MR) is 87.4 cm³/mol. The van der Waals surface area contributed by atoms with Crippen molar-refractivity contribution in [2.45, 2.75) is 6.92 Å². The minimum absolute atomic E-state index is 0.0748. The summed E-state index contributed by atoms with van der Waals surface area (Å²) in [4.78, 5) is 37.8. The molecule has 0 atom stereocenters. The van der Waals surface area contributed by atoms with Crippen molar-refractivity contribution in [2.24, 2.45) is 0 Å². The number of carbonyl (C=O) groups excluding carboxylic acids is 3. The van der Waals surface area contributed by atoms with Crippen LogP contribution in [0.3, 0.4) is 0 Å². The normalized spacial score (nSPS) is 13.8. The highest BCUT2D eigenvalue weighted by molar-refractivity contribution is 7.16. The van der Waals surface area contributed by atoms with Crippen molar-refractivity contribution in [3.63, 3.8) is 0 Å². The maximum absolute atomic E-state index is 12.4. The lowest BCUT2D eigenvalue weighted by molar-refractivity contribution is 0.101. The molecule has 1 aliphatic rings. The Morgan fingerprint density at radius 1 is 1.17 bits per heavy atom.